The molecule has 0 spiro atoms. The minimum atomic E-state index is -4.49. The van der Waals surface area contributed by atoms with Crippen molar-refractivity contribution in [3.8, 4) is 5.75 Å². The monoisotopic (exact) mass is 302 g/mol. The fourth-order valence-electron chi connectivity index (χ4n) is 1.92. The Labute approximate surface area is 118 Å². The number of benzene rings is 1. The van der Waals surface area contributed by atoms with E-state index in [9.17, 15) is 22.8 Å². The first kappa shape index (κ1) is 15.1. The van der Waals surface area contributed by atoms with Crippen LogP contribution >= 0.6 is 0 Å². The highest BCUT2D eigenvalue weighted by Crippen LogP contribution is 2.33. The van der Waals surface area contributed by atoms with Gasteiger partial charge in [-0.05, 0) is 19.1 Å². The number of carbonyl (C=O) groups excluding carboxylic acids is 2. The molecule has 114 valence electrons. The predicted molar refractivity (Wildman–Crippen MR) is 67.9 cm³/mol. The number of rotatable bonds is 3. The Morgan fingerprint density at radius 2 is 2.05 bits per heavy atom. The van der Waals surface area contributed by atoms with E-state index in [-0.39, 0.29) is 0 Å². The highest BCUT2D eigenvalue weighted by molar-refractivity contribution is 6.03. The second-order valence-corrected chi connectivity index (χ2v) is 4.54. The highest BCUT2D eigenvalue weighted by atomic mass is 19.4. The molecular formula is C13H13F3N2O3. The topological polar surface area (TPSA) is 58.6 Å². The van der Waals surface area contributed by atoms with Crippen LogP contribution in [-0.4, -0.2) is 37.2 Å². The number of para-hydroxylation sites is 2. The van der Waals surface area contributed by atoms with Crippen LogP contribution in [0.4, 0.5) is 18.9 Å². The van der Waals surface area contributed by atoms with Gasteiger partial charge >= 0.3 is 6.18 Å². The minimum absolute atomic E-state index is 0.364. The standard InChI is InChI=1S/C13H13F3N2O3/c1-8-12(20)18(6-11(19)17-7-13(14,15)16)9-4-2-3-5-10(9)21-8/h2-5,8H,6-7H2,1H3,(H,17,19). The quantitative estimate of drug-likeness (QED) is 0.920. The maximum absolute atomic E-state index is 12.1. The Morgan fingerprint density at radius 1 is 1.38 bits per heavy atom. The van der Waals surface area contributed by atoms with Crippen molar-refractivity contribution in [2.75, 3.05) is 18.0 Å². The van der Waals surface area contributed by atoms with Crippen LogP contribution < -0.4 is 15.0 Å². The van der Waals surface area contributed by atoms with E-state index in [1.54, 1.807) is 29.6 Å². The third kappa shape index (κ3) is 3.65. The summed E-state index contributed by atoms with van der Waals surface area (Å²) in [4.78, 5) is 24.7. The summed E-state index contributed by atoms with van der Waals surface area (Å²) in [5.74, 6) is -0.950. The molecule has 0 fully saturated rings. The van der Waals surface area contributed by atoms with Crippen molar-refractivity contribution in [2.24, 2.45) is 0 Å². The van der Waals surface area contributed by atoms with E-state index in [1.165, 1.54) is 6.92 Å². The van der Waals surface area contributed by atoms with Gasteiger partial charge in [0.15, 0.2) is 6.10 Å². The predicted octanol–water partition coefficient (Wildman–Crippen LogP) is 1.48. The van der Waals surface area contributed by atoms with Crippen molar-refractivity contribution in [3.05, 3.63) is 24.3 Å². The molecular weight excluding hydrogens is 289 g/mol. The van der Waals surface area contributed by atoms with Crippen molar-refractivity contribution in [1.29, 1.82) is 0 Å². The SMILES string of the molecule is CC1Oc2ccccc2N(CC(=O)NCC(F)(F)F)C1=O. The summed E-state index contributed by atoms with van der Waals surface area (Å²) in [6, 6.07) is 6.53. The van der Waals surface area contributed by atoms with E-state index >= 15 is 0 Å². The molecule has 0 radical (unpaired) electrons. The first-order valence-electron chi connectivity index (χ1n) is 6.18. The second-order valence-electron chi connectivity index (χ2n) is 4.54. The normalized spacial score (nSPS) is 18.0. The molecule has 0 bridgehead atoms. The Kier molecular flexibility index (Phi) is 4.06. The van der Waals surface area contributed by atoms with E-state index in [4.69, 9.17) is 4.74 Å². The van der Waals surface area contributed by atoms with Crippen LogP contribution in [-0.2, 0) is 9.59 Å². The lowest BCUT2D eigenvalue weighted by Crippen LogP contribution is -2.49. The number of fused-ring (bicyclic) bond motifs is 1. The number of carbonyl (C=O) groups is 2. The Balaban J connectivity index is 2.11. The van der Waals surface area contributed by atoms with Gasteiger partial charge in [0.2, 0.25) is 5.91 Å². The molecule has 0 saturated carbocycles. The molecule has 1 atom stereocenters. The number of hydrogen-bond acceptors (Lipinski definition) is 3. The van der Waals surface area contributed by atoms with Gasteiger partial charge in [0.05, 0.1) is 5.69 Å². The fourth-order valence-corrected chi connectivity index (χ4v) is 1.92. The average molecular weight is 302 g/mol. The highest BCUT2D eigenvalue weighted by Gasteiger charge is 2.33. The first-order chi connectivity index (χ1) is 9.78. The van der Waals surface area contributed by atoms with Crippen LogP contribution in [0, 0.1) is 0 Å². The smallest absolute Gasteiger partial charge is 0.405 e. The fraction of sp³-hybridized carbons (Fsp3) is 0.385. The van der Waals surface area contributed by atoms with E-state index in [0.717, 1.165) is 4.90 Å². The van der Waals surface area contributed by atoms with E-state index in [0.29, 0.717) is 11.4 Å². The molecule has 0 aromatic heterocycles. The molecule has 1 unspecified atom stereocenters. The van der Waals surface area contributed by atoms with E-state index in [1.807, 2.05) is 0 Å². The van der Waals surface area contributed by atoms with Gasteiger partial charge in [-0.15, -0.1) is 0 Å². The number of anilines is 1. The lowest BCUT2D eigenvalue weighted by molar-refractivity contribution is -0.138. The second kappa shape index (κ2) is 5.63. The summed E-state index contributed by atoms with van der Waals surface area (Å²) in [5, 5.41) is 1.74. The van der Waals surface area contributed by atoms with E-state index < -0.39 is 37.2 Å². The first-order valence-corrected chi connectivity index (χ1v) is 6.18. The van der Waals surface area contributed by atoms with Crippen LogP contribution in [0.5, 0.6) is 5.75 Å². The number of alkyl halides is 3. The third-order valence-electron chi connectivity index (χ3n) is 2.86. The van der Waals surface area contributed by atoms with Gasteiger partial charge in [-0.2, -0.15) is 13.2 Å². The molecule has 1 aromatic carbocycles. The Bertz CT molecular complexity index is 560. The van der Waals surface area contributed by atoms with Gasteiger partial charge in [-0.3, -0.25) is 14.5 Å². The lowest BCUT2D eigenvalue weighted by Gasteiger charge is -2.32. The maximum Gasteiger partial charge on any atom is 0.405 e. The lowest BCUT2D eigenvalue weighted by atomic mass is 10.2. The van der Waals surface area contributed by atoms with Crippen LogP contribution in [0.25, 0.3) is 0 Å². The molecule has 8 heteroatoms. The molecule has 0 saturated heterocycles. The zero-order valence-corrected chi connectivity index (χ0v) is 11.1. The number of nitrogens with zero attached hydrogens (tertiary/aromatic N) is 1. The largest absolute Gasteiger partial charge is 0.479 e. The summed E-state index contributed by atoms with van der Waals surface area (Å²) < 4.78 is 41.5. The molecule has 21 heavy (non-hydrogen) atoms. The Hall–Kier alpha value is -2.25. The van der Waals surface area contributed by atoms with Crippen molar-refractivity contribution >= 4 is 17.5 Å². The summed E-state index contributed by atoms with van der Waals surface area (Å²) in [7, 11) is 0. The molecule has 1 heterocycles. The van der Waals surface area contributed by atoms with Crippen LogP contribution in [0.2, 0.25) is 0 Å². The number of hydrogen-bond donors (Lipinski definition) is 1. The van der Waals surface area contributed by atoms with Gasteiger partial charge < -0.3 is 10.1 Å². The molecule has 1 aromatic rings. The summed E-state index contributed by atoms with van der Waals surface area (Å²) in [6.07, 6.45) is -5.29. The van der Waals surface area contributed by atoms with Gasteiger partial charge in [-0.25, -0.2) is 0 Å². The third-order valence-corrected chi connectivity index (χ3v) is 2.86. The van der Waals surface area contributed by atoms with Crippen molar-refractivity contribution in [2.45, 2.75) is 19.2 Å². The maximum atomic E-state index is 12.1. The molecule has 0 aliphatic carbocycles. The Morgan fingerprint density at radius 3 is 2.71 bits per heavy atom. The van der Waals surface area contributed by atoms with Crippen molar-refractivity contribution < 1.29 is 27.5 Å². The molecule has 1 N–H and O–H groups in total. The van der Waals surface area contributed by atoms with Crippen LogP contribution in [0.15, 0.2) is 24.3 Å². The summed E-state index contributed by atoms with van der Waals surface area (Å²) in [6.45, 7) is -0.403. The van der Waals surface area contributed by atoms with Crippen molar-refractivity contribution in [3.63, 3.8) is 0 Å². The summed E-state index contributed by atoms with van der Waals surface area (Å²) >= 11 is 0. The molecule has 5 nitrogen and oxygen atoms in total. The number of halogens is 3. The van der Waals surface area contributed by atoms with Crippen LogP contribution in [0.1, 0.15) is 6.92 Å². The minimum Gasteiger partial charge on any atom is -0.479 e. The van der Waals surface area contributed by atoms with Gasteiger partial charge in [0.25, 0.3) is 5.91 Å². The number of ether oxygens (including phenoxy) is 1. The van der Waals surface area contributed by atoms with Crippen molar-refractivity contribution in [1.82, 2.24) is 5.32 Å². The molecule has 1 aliphatic heterocycles. The van der Waals surface area contributed by atoms with E-state index in [2.05, 4.69) is 0 Å². The van der Waals surface area contributed by atoms with Crippen LogP contribution in [0.3, 0.4) is 0 Å². The zero-order chi connectivity index (χ0) is 15.6. The number of nitrogens with one attached hydrogen (secondary N) is 1. The number of amides is 2. The molecule has 1 aliphatic rings. The summed E-state index contributed by atoms with van der Waals surface area (Å²) in [5.41, 5.74) is 0.364. The molecule has 2 rings (SSSR count). The van der Waals surface area contributed by atoms with Gasteiger partial charge in [0.1, 0.15) is 18.8 Å². The molecule has 2 amide bonds. The average Bonchev–Trinajstić information content (AvgIpc) is 2.41. The van der Waals surface area contributed by atoms with Gasteiger partial charge in [0, 0.05) is 0 Å². The zero-order valence-electron chi connectivity index (χ0n) is 11.1. The van der Waals surface area contributed by atoms with Gasteiger partial charge in [-0.1, -0.05) is 12.1 Å².